The molecule has 1 aliphatic rings. The lowest BCUT2D eigenvalue weighted by Crippen LogP contribution is -2.47. The first-order valence-corrected chi connectivity index (χ1v) is 9.19. The Balaban J connectivity index is 1.75. The number of benzene rings is 1. The molecule has 1 aromatic carbocycles. The second-order valence-corrected chi connectivity index (χ2v) is 7.11. The maximum Gasteiger partial charge on any atom is 0.417 e. The molecular weight excluding hydrogens is 465 g/mol. The van der Waals surface area contributed by atoms with Crippen molar-refractivity contribution in [1.82, 2.24) is 15.5 Å². The van der Waals surface area contributed by atoms with Crippen molar-refractivity contribution in [1.29, 1.82) is 0 Å². The number of rotatable bonds is 3. The van der Waals surface area contributed by atoms with Gasteiger partial charge in [0.2, 0.25) is 0 Å². The highest BCUT2D eigenvalue weighted by molar-refractivity contribution is 6.31. The van der Waals surface area contributed by atoms with Crippen LogP contribution in [0.3, 0.4) is 0 Å². The van der Waals surface area contributed by atoms with E-state index in [-0.39, 0.29) is 6.54 Å². The third-order valence-corrected chi connectivity index (χ3v) is 5.20. The molecule has 3 aromatic rings. The summed E-state index contributed by atoms with van der Waals surface area (Å²) in [6.07, 6.45) is -4.00. The van der Waals surface area contributed by atoms with Gasteiger partial charge >= 0.3 is 12.2 Å². The molecule has 2 aromatic heterocycles. The minimum Gasteiger partial charge on any atom is -0.336 e. The van der Waals surface area contributed by atoms with Crippen LogP contribution in [0.1, 0.15) is 5.56 Å². The van der Waals surface area contributed by atoms with Gasteiger partial charge in [0, 0.05) is 13.6 Å². The summed E-state index contributed by atoms with van der Waals surface area (Å²) >= 11 is 5.55. The molecule has 0 spiro atoms. The average Bonchev–Trinajstić information content (AvgIpc) is 3.35. The molecule has 8 nitrogen and oxygen atoms in total. The summed E-state index contributed by atoms with van der Waals surface area (Å²) in [5, 5.41) is 4.36. The van der Waals surface area contributed by atoms with Crippen LogP contribution in [0.4, 0.5) is 38.3 Å². The fourth-order valence-electron chi connectivity index (χ4n) is 3.28. The van der Waals surface area contributed by atoms with Crippen LogP contribution in [0.5, 0.6) is 0 Å². The van der Waals surface area contributed by atoms with Gasteiger partial charge in [-0.2, -0.15) is 18.2 Å². The number of nitrogens with one attached hydrogen (secondary N) is 1. The van der Waals surface area contributed by atoms with Crippen LogP contribution in [-0.2, 0) is 11.0 Å². The number of alkyl halides is 3. The molecule has 4 rings (SSSR count). The summed E-state index contributed by atoms with van der Waals surface area (Å²) in [6.45, 7) is -0.309. The zero-order valence-electron chi connectivity index (χ0n) is 15.9. The Bertz CT molecular complexity index is 1250. The standard InChI is InChI=1S/C18H11ClF5N5O3/c1-28(10-3-2-9(20)13(19)14(10)21)16(30)11-6-25-17(31)29(11)12-4-8(18(22,23)24)7-5-26-32-15(7)27-12/h2-5,11H,6H2,1H3,(H,25,31). The molecule has 1 fully saturated rings. The van der Waals surface area contributed by atoms with Crippen molar-refractivity contribution in [2.75, 3.05) is 23.4 Å². The number of hydrogen-bond donors (Lipinski definition) is 1. The minimum absolute atomic E-state index is 0.309. The number of carbonyl (C=O) groups excluding carboxylic acids is 2. The largest absolute Gasteiger partial charge is 0.417 e. The molecule has 0 bridgehead atoms. The molecule has 32 heavy (non-hydrogen) atoms. The number of anilines is 2. The van der Waals surface area contributed by atoms with Gasteiger partial charge in [-0.3, -0.25) is 9.69 Å². The number of nitrogens with zero attached hydrogens (tertiary/aromatic N) is 4. The van der Waals surface area contributed by atoms with Crippen molar-refractivity contribution in [2.24, 2.45) is 0 Å². The third kappa shape index (κ3) is 3.47. The number of aromatic nitrogens is 2. The number of urea groups is 1. The lowest BCUT2D eigenvalue weighted by Gasteiger charge is -2.27. The normalized spacial score (nSPS) is 16.5. The fraction of sp³-hybridized carbons (Fsp3) is 0.222. The van der Waals surface area contributed by atoms with E-state index in [1.807, 2.05) is 0 Å². The van der Waals surface area contributed by atoms with Crippen molar-refractivity contribution in [3.8, 4) is 0 Å². The summed E-state index contributed by atoms with van der Waals surface area (Å²) < 4.78 is 73.0. The smallest absolute Gasteiger partial charge is 0.336 e. The van der Waals surface area contributed by atoms with Crippen molar-refractivity contribution in [3.05, 3.63) is 46.6 Å². The van der Waals surface area contributed by atoms with Gasteiger partial charge < -0.3 is 14.7 Å². The summed E-state index contributed by atoms with van der Waals surface area (Å²) in [6, 6.07) is 0.0810. The fourth-order valence-corrected chi connectivity index (χ4v) is 3.44. The first-order chi connectivity index (χ1) is 15.0. The number of fused-ring (bicyclic) bond motifs is 1. The Morgan fingerprint density at radius 3 is 2.75 bits per heavy atom. The van der Waals surface area contributed by atoms with Crippen LogP contribution in [-0.4, -0.2) is 41.7 Å². The van der Waals surface area contributed by atoms with Gasteiger partial charge in [-0.05, 0) is 18.2 Å². The van der Waals surface area contributed by atoms with E-state index in [2.05, 4.69) is 15.5 Å². The van der Waals surface area contributed by atoms with Gasteiger partial charge in [0.25, 0.3) is 11.6 Å². The molecule has 0 aliphatic carbocycles. The Hall–Kier alpha value is -3.48. The first kappa shape index (κ1) is 21.7. The van der Waals surface area contributed by atoms with Crippen LogP contribution in [0, 0.1) is 11.6 Å². The molecule has 1 aliphatic heterocycles. The minimum atomic E-state index is -4.83. The molecule has 1 atom stereocenters. The number of pyridine rings is 1. The second-order valence-electron chi connectivity index (χ2n) is 6.73. The van der Waals surface area contributed by atoms with Gasteiger partial charge in [0.1, 0.15) is 22.7 Å². The van der Waals surface area contributed by atoms with Crippen LogP contribution in [0.15, 0.2) is 28.9 Å². The van der Waals surface area contributed by atoms with Crippen LogP contribution in [0.25, 0.3) is 11.1 Å². The van der Waals surface area contributed by atoms with Crippen molar-refractivity contribution < 1.29 is 36.1 Å². The highest BCUT2D eigenvalue weighted by Gasteiger charge is 2.42. The first-order valence-electron chi connectivity index (χ1n) is 8.81. The maximum absolute atomic E-state index is 14.4. The zero-order valence-corrected chi connectivity index (χ0v) is 16.6. The highest BCUT2D eigenvalue weighted by atomic mass is 35.5. The summed E-state index contributed by atoms with van der Waals surface area (Å²) in [5.41, 5.74) is -2.06. The Labute approximate surface area is 180 Å². The van der Waals surface area contributed by atoms with E-state index in [4.69, 9.17) is 16.1 Å². The van der Waals surface area contributed by atoms with Crippen LogP contribution >= 0.6 is 11.6 Å². The zero-order chi connectivity index (χ0) is 23.4. The number of hydrogen-bond acceptors (Lipinski definition) is 5. The van der Waals surface area contributed by atoms with E-state index in [9.17, 15) is 31.5 Å². The van der Waals surface area contributed by atoms with E-state index in [1.54, 1.807) is 0 Å². The van der Waals surface area contributed by atoms with Gasteiger partial charge in [-0.1, -0.05) is 16.8 Å². The lowest BCUT2D eigenvalue weighted by molar-refractivity contribution is -0.136. The summed E-state index contributed by atoms with van der Waals surface area (Å²) in [4.78, 5) is 30.7. The Morgan fingerprint density at radius 1 is 1.34 bits per heavy atom. The van der Waals surface area contributed by atoms with Gasteiger partial charge in [-0.15, -0.1) is 0 Å². The second kappa shape index (κ2) is 7.58. The molecule has 168 valence electrons. The van der Waals surface area contributed by atoms with E-state index in [0.29, 0.717) is 11.0 Å². The van der Waals surface area contributed by atoms with Gasteiger partial charge in [0.05, 0.1) is 22.8 Å². The molecule has 0 radical (unpaired) electrons. The van der Waals surface area contributed by atoms with Crippen molar-refractivity contribution in [2.45, 2.75) is 12.2 Å². The quantitative estimate of drug-likeness (QED) is 0.460. The molecule has 3 heterocycles. The lowest BCUT2D eigenvalue weighted by atomic mass is 10.1. The van der Waals surface area contributed by atoms with E-state index in [0.717, 1.165) is 30.3 Å². The highest BCUT2D eigenvalue weighted by Crippen LogP contribution is 2.37. The molecule has 0 saturated carbocycles. The van der Waals surface area contributed by atoms with E-state index >= 15 is 0 Å². The molecule has 1 saturated heterocycles. The van der Waals surface area contributed by atoms with Crippen LogP contribution in [0.2, 0.25) is 5.02 Å². The number of amides is 3. The predicted molar refractivity (Wildman–Crippen MR) is 101 cm³/mol. The third-order valence-electron chi connectivity index (χ3n) is 4.85. The van der Waals surface area contributed by atoms with Crippen molar-refractivity contribution in [3.63, 3.8) is 0 Å². The topological polar surface area (TPSA) is 91.6 Å². The Kier molecular flexibility index (Phi) is 5.15. The summed E-state index contributed by atoms with van der Waals surface area (Å²) in [7, 11) is 1.14. The predicted octanol–water partition coefficient (Wildman–Crippen LogP) is 3.73. The SMILES string of the molecule is CN(C(=O)C1CNC(=O)N1c1cc(C(F)(F)F)c2cnoc2n1)c1ccc(F)c(Cl)c1F. The average molecular weight is 476 g/mol. The number of likely N-dealkylation sites (N-methyl/N-ethyl adjacent to an activating group) is 1. The van der Waals surface area contributed by atoms with Gasteiger partial charge in [-0.25, -0.2) is 13.6 Å². The number of carbonyl (C=O) groups is 2. The van der Waals surface area contributed by atoms with E-state index < -0.39 is 69.0 Å². The summed E-state index contributed by atoms with van der Waals surface area (Å²) in [5.74, 6) is -3.68. The van der Waals surface area contributed by atoms with Crippen molar-refractivity contribution >= 4 is 46.1 Å². The number of halogens is 6. The molecule has 1 unspecified atom stereocenters. The maximum atomic E-state index is 14.4. The molecule has 14 heteroatoms. The van der Waals surface area contributed by atoms with Crippen LogP contribution < -0.4 is 15.1 Å². The van der Waals surface area contributed by atoms with Gasteiger partial charge in [0.15, 0.2) is 5.82 Å². The van der Waals surface area contributed by atoms with E-state index in [1.165, 1.54) is 0 Å². The molecular formula is C18H11ClF5N5O3. The Morgan fingerprint density at radius 2 is 2.06 bits per heavy atom. The molecule has 3 amide bonds. The monoisotopic (exact) mass is 475 g/mol. The molecule has 1 N–H and O–H groups in total.